The molecule has 0 bridgehead atoms. The van der Waals surface area contributed by atoms with E-state index in [0.717, 1.165) is 0 Å². The van der Waals surface area contributed by atoms with Crippen LogP contribution in [0.25, 0.3) is 0 Å². The number of benzene rings is 1. The van der Waals surface area contributed by atoms with Crippen LogP contribution >= 0.6 is 0 Å². The maximum atomic E-state index is 12.5. The van der Waals surface area contributed by atoms with Crippen LogP contribution in [-0.4, -0.2) is 43.7 Å². The minimum Gasteiger partial charge on any atom is -0.415 e. The van der Waals surface area contributed by atoms with Crippen molar-refractivity contribution in [3.05, 3.63) is 35.4 Å². The predicted molar refractivity (Wildman–Crippen MR) is 97.5 cm³/mol. The van der Waals surface area contributed by atoms with Gasteiger partial charge in [-0.3, -0.25) is 14.5 Å². The number of amides is 2. The zero-order valence-corrected chi connectivity index (χ0v) is 16.4. The molecular weight excluding hydrogens is 320 g/mol. The molecule has 0 aliphatic carbocycles. The van der Waals surface area contributed by atoms with Gasteiger partial charge in [0, 0.05) is 6.04 Å². The largest absolute Gasteiger partial charge is 0.415 e. The highest BCUT2D eigenvalue weighted by molar-refractivity contribution is 6.74. The van der Waals surface area contributed by atoms with Gasteiger partial charge >= 0.3 is 0 Å². The van der Waals surface area contributed by atoms with Crippen molar-refractivity contribution < 1.29 is 14.0 Å². The SMILES string of the molecule is CC(C(N)CO[Si](C)(C)C(C)(C)C)N1C(=O)c2ccccc2C1=O. The lowest BCUT2D eigenvalue weighted by molar-refractivity contribution is 0.0556. The molecule has 1 aliphatic heterocycles. The zero-order chi connectivity index (χ0) is 18.3. The maximum absolute atomic E-state index is 12.5. The first-order chi connectivity index (χ1) is 11.0. The van der Waals surface area contributed by atoms with Crippen molar-refractivity contribution in [2.75, 3.05) is 6.61 Å². The van der Waals surface area contributed by atoms with E-state index in [2.05, 4.69) is 33.9 Å². The van der Waals surface area contributed by atoms with Crippen LogP contribution < -0.4 is 5.73 Å². The topological polar surface area (TPSA) is 72.6 Å². The summed E-state index contributed by atoms with van der Waals surface area (Å²) in [6, 6.07) is 6.06. The number of hydrogen-bond donors (Lipinski definition) is 1. The van der Waals surface area contributed by atoms with E-state index >= 15 is 0 Å². The Kier molecular flexibility index (Phi) is 5.04. The van der Waals surface area contributed by atoms with Crippen LogP contribution in [0.1, 0.15) is 48.4 Å². The third-order valence-electron chi connectivity index (χ3n) is 5.30. The average Bonchev–Trinajstić information content (AvgIpc) is 2.75. The molecule has 0 saturated carbocycles. The van der Waals surface area contributed by atoms with Gasteiger partial charge < -0.3 is 10.2 Å². The second kappa shape index (κ2) is 6.42. The lowest BCUT2D eigenvalue weighted by atomic mass is 10.1. The summed E-state index contributed by atoms with van der Waals surface area (Å²) in [5, 5.41) is 0.0888. The molecule has 2 atom stereocenters. The lowest BCUT2D eigenvalue weighted by Crippen LogP contribution is -2.53. The molecule has 0 radical (unpaired) electrons. The standard InChI is InChI=1S/C18H28N2O3Si/c1-12(15(19)11-23-24(5,6)18(2,3)4)20-16(21)13-9-7-8-10-14(13)17(20)22/h7-10,12,15H,11,19H2,1-6H3. The van der Waals surface area contributed by atoms with Crippen molar-refractivity contribution in [1.29, 1.82) is 0 Å². The number of rotatable bonds is 5. The van der Waals surface area contributed by atoms with E-state index in [1.807, 2.05) is 0 Å². The first-order valence-corrected chi connectivity index (χ1v) is 11.2. The Morgan fingerprint density at radius 3 is 2.00 bits per heavy atom. The van der Waals surface area contributed by atoms with Crippen molar-refractivity contribution >= 4 is 20.1 Å². The van der Waals surface area contributed by atoms with Crippen LogP contribution in [0.15, 0.2) is 24.3 Å². The number of imide groups is 1. The summed E-state index contributed by atoms with van der Waals surface area (Å²) in [6.45, 7) is 13.0. The van der Waals surface area contributed by atoms with Gasteiger partial charge in [-0.25, -0.2) is 0 Å². The minimum atomic E-state index is -1.92. The Morgan fingerprint density at radius 1 is 1.12 bits per heavy atom. The Bertz CT molecular complexity index is 617. The average molecular weight is 349 g/mol. The molecule has 1 aromatic rings. The van der Waals surface area contributed by atoms with E-state index in [-0.39, 0.29) is 16.9 Å². The van der Waals surface area contributed by atoms with Crippen molar-refractivity contribution in [2.45, 2.75) is 57.9 Å². The van der Waals surface area contributed by atoms with Gasteiger partial charge in [0.05, 0.1) is 23.8 Å². The van der Waals surface area contributed by atoms with E-state index in [1.54, 1.807) is 31.2 Å². The van der Waals surface area contributed by atoms with E-state index in [1.165, 1.54) is 4.90 Å². The third-order valence-corrected chi connectivity index (χ3v) is 9.80. The molecule has 24 heavy (non-hydrogen) atoms. The summed E-state index contributed by atoms with van der Waals surface area (Å²) in [5.74, 6) is -0.545. The number of carbonyl (C=O) groups is 2. The van der Waals surface area contributed by atoms with Crippen molar-refractivity contribution in [2.24, 2.45) is 5.73 Å². The van der Waals surface area contributed by atoms with Gasteiger partial charge in [-0.2, -0.15) is 0 Å². The third kappa shape index (κ3) is 3.31. The van der Waals surface area contributed by atoms with E-state index < -0.39 is 20.4 Å². The van der Waals surface area contributed by atoms with E-state index in [9.17, 15) is 9.59 Å². The number of carbonyl (C=O) groups excluding carboxylic acids is 2. The zero-order valence-electron chi connectivity index (χ0n) is 15.4. The molecule has 5 nitrogen and oxygen atoms in total. The van der Waals surface area contributed by atoms with Gasteiger partial charge in [0.1, 0.15) is 0 Å². The highest BCUT2D eigenvalue weighted by Crippen LogP contribution is 2.36. The van der Waals surface area contributed by atoms with Crippen LogP contribution in [0, 0.1) is 0 Å². The summed E-state index contributed by atoms with van der Waals surface area (Å²) < 4.78 is 6.15. The smallest absolute Gasteiger partial charge is 0.261 e. The Labute approximate surface area is 145 Å². The molecule has 2 N–H and O–H groups in total. The maximum Gasteiger partial charge on any atom is 0.261 e. The lowest BCUT2D eigenvalue weighted by Gasteiger charge is -2.38. The van der Waals surface area contributed by atoms with Gasteiger partial charge in [0.25, 0.3) is 11.8 Å². The fourth-order valence-corrected chi connectivity index (χ4v) is 3.47. The predicted octanol–water partition coefficient (Wildman–Crippen LogP) is 3.02. The van der Waals surface area contributed by atoms with Crippen molar-refractivity contribution in [3.8, 4) is 0 Å². The summed E-state index contributed by atoms with van der Waals surface area (Å²) in [6.07, 6.45) is 0. The number of hydrogen-bond acceptors (Lipinski definition) is 4. The summed E-state index contributed by atoms with van der Waals surface area (Å²) in [4.78, 5) is 26.3. The first kappa shape index (κ1) is 18.8. The molecule has 2 rings (SSSR count). The fourth-order valence-electron chi connectivity index (χ4n) is 2.43. The molecule has 1 aromatic carbocycles. The van der Waals surface area contributed by atoms with E-state index in [4.69, 9.17) is 10.2 Å². The minimum absolute atomic E-state index is 0.0888. The number of fused-ring (bicyclic) bond motifs is 1. The fraction of sp³-hybridized carbons (Fsp3) is 0.556. The van der Waals surface area contributed by atoms with Gasteiger partial charge in [-0.05, 0) is 37.2 Å². The van der Waals surface area contributed by atoms with Crippen molar-refractivity contribution in [1.82, 2.24) is 4.90 Å². The molecule has 2 unspecified atom stereocenters. The molecule has 0 fully saturated rings. The molecule has 1 aliphatic rings. The first-order valence-electron chi connectivity index (χ1n) is 8.34. The van der Waals surface area contributed by atoms with Gasteiger partial charge in [0.15, 0.2) is 8.32 Å². The van der Waals surface area contributed by atoms with Crippen molar-refractivity contribution in [3.63, 3.8) is 0 Å². The molecule has 1 heterocycles. The summed E-state index contributed by atoms with van der Waals surface area (Å²) in [5.41, 5.74) is 7.16. The Hall–Kier alpha value is -1.50. The van der Waals surface area contributed by atoms with Crippen LogP contribution in [0.4, 0.5) is 0 Å². The van der Waals surface area contributed by atoms with Crippen LogP contribution in [0.5, 0.6) is 0 Å². The van der Waals surface area contributed by atoms with Crippen LogP contribution in [0.2, 0.25) is 18.1 Å². The Balaban J connectivity index is 2.09. The quantitative estimate of drug-likeness (QED) is 0.656. The summed E-state index contributed by atoms with van der Waals surface area (Å²) in [7, 11) is -1.92. The second-order valence-electron chi connectivity index (χ2n) is 8.00. The molecule has 0 aromatic heterocycles. The molecule has 0 saturated heterocycles. The monoisotopic (exact) mass is 348 g/mol. The normalized spacial score (nSPS) is 17.9. The van der Waals surface area contributed by atoms with E-state index in [0.29, 0.717) is 17.7 Å². The molecule has 132 valence electrons. The summed E-state index contributed by atoms with van der Waals surface area (Å²) >= 11 is 0. The van der Waals surface area contributed by atoms with Gasteiger partial charge in [-0.15, -0.1) is 0 Å². The Morgan fingerprint density at radius 2 is 1.58 bits per heavy atom. The molecular formula is C18H28N2O3Si. The van der Waals surface area contributed by atoms with Crippen LogP contribution in [-0.2, 0) is 4.43 Å². The van der Waals surface area contributed by atoms with Gasteiger partial charge in [0.2, 0.25) is 0 Å². The number of nitrogens with two attached hydrogens (primary N) is 1. The van der Waals surface area contributed by atoms with Gasteiger partial charge in [-0.1, -0.05) is 32.9 Å². The highest BCUT2D eigenvalue weighted by Gasteiger charge is 2.41. The molecule has 2 amide bonds. The highest BCUT2D eigenvalue weighted by atomic mass is 28.4. The molecule has 6 heteroatoms. The molecule has 0 spiro atoms. The number of nitrogens with zero attached hydrogens (tertiary/aromatic N) is 1. The van der Waals surface area contributed by atoms with Crippen LogP contribution in [0.3, 0.4) is 0 Å². The second-order valence-corrected chi connectivity index (χ2v) is 12.8.